The smallest absolute Gasteiger partial charge is 0.234 e. The van der Waals surface area contributed by atoms with Crippen molar-refractivity contribution in [3.8, 4) is 0 Å². The highest BCUT2D eigenvalue weighted by Crippen LogP contribution is 2.41. The van der Waals surface area contributed by atoms with Crippen LogP contribution in [-0.4, -0.2) is 23.2 Å². The summed E-state index contributed by atoms with van der Waals surface area (Å²) in [6.07, 6.45) is 6.17. The molecule has 4 nitrogen and oxygen atoms in total. The van der Waals surface area contributed by atoms with Crippen LogP contribution in [-0.2, 0) is 5.41 Å². The fourth-order valence-corrected chi connectivity index (χ4v) is 3.92. The molecule has 1 saturated heterocycles. The van der Waals surface area contributed by atoms with Crippen LogP contribution in [0, 0.1) is 11.8 Å². The van der Waals surface area contributed by atoms with Gasteiger partial charge in [0.1, 0.15) is 0 Å². The summed E-state index contributed by atoms with van der Waals surface area (Å²) >= 11 is 0. The normalized spacial score (nSPS) is 34.2. The second-order valence-corrected chi connectivity index (χ2v) is 6.98. The van der Waals surface area contributed by atoms with Crippen molar-refractivity contribution >= 4 is 0 Å². The van der Waals surface area contributed by atoms with Crippen LogP contribution in [0.5, 0.6) is 0 Å². The van der Waals surface area contributed by atoms with Crippen LogP contribution >= 0.6 is 0 Å². The maximum absolute atomic E-state index is 5.69. The summed E-state index contributed by atoms with van der Waals surface area (Å²) < 4.78 is 5.69. The topological polar surface area (TPSA) is 51.0 Å². The zero-order valence-electron chi connectivity index (χ0n) is 13.0. The van der Waals surface area contributed by atoms with Crippen molar-refractivity contribution in [2.45, 2.75) is 64.2 Å². The van der Waals surface area contributed by atoms with Gasteiger partial charge in [-0.15, -0.1) is 0 Å². The van der Waals surface area contributed by atoms with Crippen LogP contribution in [0.2, 0.25) is 0 Å². The molecule has 112 valence electrons. The minimum absolute atomic E-state index is 0.0496. The predicted molar refractivity (Wildman–Crippen MR) is 78.7 cm³/mol. The summed E-state index contributed by atoms with van der Waals surface area (Å²) in [5.74, 6) is 3.73. The van der Waals surface area contributed by atoms with Crippen LogP contribution in [0.4, 0.5) is 0 Å². The van der Waals surface area contributed by atoms with Gasteiger partial charge < -0.3 is 9.84 Å². The molecule has 1 aromatic heterocycles. The van der Waals surface area contributed by atoms with E-state index in [1.807, 2.05) is 0 Å². The van der Waals surface area contributed by atoms with Crippen molar-refractivity contribution in [1.82, 2.24) is 15.5 Å². The highest BCUT2D eigenvalue weighted by Gasteiger charge is 2.44. The van der Waals surface area contributed by atoms with Gasteiger partial charge in [0.15, 0.2) is 5.82 Å². The number of nitrogens with one attached hydrogen (secondary N) is 1. The van der Waals surface area contributed by atoms with Gasteiger partial charge in [0.05, 0.1) is 5.41 Å². The Morgan fingerprint density at radius 3 is 2.85 bits per heavy atom. The number of aromatic nitrogens is 2. The first-order valence-electron chi connectivity index (χ1n) is 8.20. The molecule has 2 heterocycles. The minimum atomic E-state index is 0.0496. The van der Waals surface area contributed by atoms with Crippen LogP contribution in [0.15, 0.2) is 4.52 Å². The Labute approximate surface area is 121 Å². The maximum Gasteiger partial charge on any atom is 0.234 e. The molecule has 1 aliphatic carbocycles. The molecule has 1 N–H and O–H groups in total. The molecule has 3 atom stereocenters. The van der Waals surface area contributed by atoms with E-state index < -0.39 is 0 Å². The molecule has 1 aromatic rings. The summed E-state index contributed by atoms with van der Waals surface area (Å²) in [6.45, 7) is 8.83. The second kappa shape index (κ2) is 5.47. The van der Waals surface area contributed by atoms with Gasteiger partial charge in [-0.3, -0.25) is 0 Å². The molecule has 3 rings (SSSR count). The standard InChI is InChI=1S/C16H27N3O/c1-4-12-5-6-13(9-12)14-18-15(20-19-14)16(11(2)3)7-8-17-10-16/h11-13,17H,4-10H2,1-3H3. The van der Waals surface area contributed by atoms with Crippen molar-refractivity contribution in [3.63, 3.8) is 0 Å². The Kier molecular flexibility index (Phi) is 3.85. The van der Waals surface area contributed by atoms with E-state index in [0.29, 0.717) is 11.8 Å². The van der Waals surface area contributed by atoms with E-state index in [2.05, 4.69) is 31.2 Å². The molecule has 1 saturated carbocycles. The summed E-state index contributed by atoms with van der Waals surface area (Å²) in [7, 11) is 0. The number of hydrogen-bond acceptors (Lipinski definition) is 4. The van der Waals surface area contributed by atoms with Crippen molar-refractivity contribution in [2.24, 2.45) is 11.8 Å². The van der Waals surface area contributed by atoms with Crippen molar-refractivity contribution < 1.29 is 4.52 Å². The monoisotopic (exact) mass is 277 g/mol. The quantitative estimate of drug-likeness (QED) is 0.918. The van der Waals surface area contributed by atoms with E-state index in [0.717, 1.165) is 37.1 Å². The van der Waals surface area contributed by atoms with Crippen LogP contribution in [0.1, 0.15) is 70.5 Å². The third-order valence-electron chi connectivity index (χ3n) is 5.64. The zero-order chi connectivity index (χ0) is 14.2. The van der Waals surface area contributed by atoms with Crippen LogP contribution < -0.4 is 5.32 Å². The molecular weight excluding hydrogens is 250 g/mol. The lowest BCUT2D eigenvalue weighted by atomic mass is 9.76. The highest BCUT2D eigenvalue weighted by molar-refractivity contribution is 5.13. The van der Waals surface area contributed by atoms with E-state index in [9.17, 15) is 0 Å². The summed E-state index contributed by atoms with van der Waals surface area (Å²) in [5.41, 5.74) is 0.0496. The Balaban J connectivity index is 1.79. The number of hydrogen-bond donors (Lipinski definition) is 1. The largest absolute Gasteiger partial charge is 0.339 e. The lowest BCUT2D eigenvalue weighted by molar-refractivity contribution is 0.233. The first-order valence-corrected chi connectivity index (χ1v) is 8.20. The van der Waals surface area contributed by atoms with Crippen LogP contribution in [0.25, 0.3) is 0 Å². The molecule has 2 fully saturated rings. The molecule has 3 unspecified atom stereocenters. The van der Waals surface area contributed by atoms with E-state index >= 15 is 0 Å². The number of nitrogens with zero attached hydrogens (tertiary/aromatic N) is 2. The Hall–Kier alpha value is -0.900. The first-order chi connectivity index (χ1) is 9.65. The molecule has 0 radical (unpaired) electrons. The lowest BCUT2D eigenvalue weighted by Gasteiger charge is -2.28. The van der Waals surface area contributed by atoms with Gasteiger partial charge in [-0.1, -0.05) is 32.3 Å². The molecule has 2 aliphatic rings. The van der Waals surface area contributed by atoms with Crippen molar-refractivity contribution in [1.29, 1.82) is 0 Å². The van der Waals surface area contributed by atoms with Crippen LogP contribution in [0.3, 0.4) is 0 Å². The van der Waals surface area contributed by atoms with Gasteiger partial charge in [0.25, 0.3) is 0 Å². The summed E-state index contributed by atoms with van der Waals surface area (Å²) in [4.78, 5) is 4.82. The zero-order valence-corrected chi connectivity index (χ0v) is 13.0. The first kappa shape index (κ1) is 14.1. The third-order valence-corrected chi connectivity index (χ3v) is 5.64. The van der Waals surface area contributed by atoms with Gasteiger partial charge in [0.2, 0.25) is 5.89 Å². The van der Waals surface area contributed by atoms with Gasteiger partial charge in [-0.2, -0.15) is 4.98 Å². The molecule has 20 heavy (non-hydrogen) atoms. The molecule has 4 heteroatoms. The number of rotatable bonds is 4. The Morgan fingerprint density at radius 1 is 1.40 bits per heavy atom. The minimum Gasteiger partial charge on any atom is -0.339 e. The van der Waals surface area contributed by atoms with Gasteiger partial charge in [0, 0.05) is 12.5 Å². The third kappa shape index (κ3) is 2.28. The van der Waals surface area contributed by atoms with Gasteiger partial charge in [-0.25, -0.2) is 0 Å². The second-order valence-electron chi connectivity index (χ2n) is 6.98. The van der Waals surface area contributed by atoms with Gasteiger partial charge >= 0.3 is 0 Å². The molecule has 0 amide bonds. The van der Waals surface area contributed by atoms with E-state index in [4.69, 9.17) is 9.51 Å². The summed E-state index contributed by atoms with van der Waals surface area (Å²) in [5, 5.41) is 7.79. The van der Waals surface area contributed by atoms with Crippen molar-refractivity contribution in [2.75, 3.05) is 13.1 Å². The fourth-order valence-electron chi connectivity index (χ4n) is 3.92. The highest BCUT2D eigenvalue weighted by atomic mass is 16.5. The SMILES string of the molecule is CCC1CCC(c2noc(C3(C(C)C)CCNC3)n2)C1. The molecule has 1 aliphatic heterocycles. The molecular formula is C16H27N3O. The maximum atomic E-state index is 5.69. The Bertz CT molecular complexity index is 448. The lowest BCUT2D eigenvalue weighted by Crippen LogP contribution is -2.35. The molecule has 0 aromatic carbocycles. The van der Waals surface area contributed by atoms with E-state index in [1.54, 1.807) is 0 Å². The average molecular weight is 277 g/mol. The molecule has 0 bridgehead atoms. The average Bonchev–Trinajstić information content (AvgIpc) is 3.17. The molecule has 0 spiro atoms. The predicted octanol–water partition coefficient (Wildman–Crippen LogP) is 3.25. The Morgan fingerprint density at radius 2 is 2.25 bits per heavy atom. The van der Waals surface area contributed by atoms with E-state index in [-0.39, 0.29) is 5.41 Å². The van der Waals surface area contributed by atoms with Crippen molar-refractivity contribution in [3.05, 3.63) is 11.7 Å². The van der Waals surface area contributed by atoms with Gasteiger partial charge in [-0.05, 0) is 44.1 Å². The fraction of sp³-hybridized carbons (Fsp3) is 0.875. The van der Waals surface area contributed by atoms with E-state index in [1.165, 1.54) is 25.7 Å². The summed E-state index contributed by atoms with van der Waals surface area (Å²) in [6, 6.07) is 0.